The number of nitrogens with two attached hydrogens (primary N) is 1. The normalized spacial score (nSPS) is 15.2. The highest BCUT2D eigenvalue weighted by atomic mass is 35.5. The molecule has 0 aliphatic heterocycles. The number of primary amides is 1. The Bertz CT molecular complexity index is 766. The standard InChI is InChI=1S/C14H8Cl2N2O4/c15-9-7(13(17)21)11(19)10(16)8(12(9)20)14(22)18-6-4-2-1-3-5-6/h1-5H,(H2,17,21)(H,18,22). The topological polar surface area (TPSA) is 106 Å². The first kappa shape index (κ1) is 15.9. The maximum absolute atomic E-state index is 12.1. The number of benzene rings is 1. The third kappa shape index (κ3) is 2.79. The zero-order valence-electron chi connectivity index (χ0n) is 10.9. The second-order valence-corrected chi connectivity index (χ2v) is 4.98. The molecule has 112 valence electrons. The number of ketones is 2. The summed E-state index contributed by atoms with van der Waals surface area (Å²) in [6.07, 6.45) is 0. The summed E-state index contributed by atoms with van der Waals surface area (Å²) in [6, 6.07) is 8.21. The highest BCUT2D eigenvalue weighted by Crippen LogP contribution is 2.30. The van der Waals surface area contributed by atoms with Crippen LogP contribution in [-0.4, -0.2) is 23.4 Å². The quantitative estimate of drug-likeness (QED) is 0.638. The fraction of sp³-hybridized carbons (Fsp3) is 0. The summed E-state index contributed by atoms with van der Waals surface area (Å²) in [5.74, 6) is -4.19. The minimum absolute atomic E-state index is 0.394. The molecule has 3 N–H and O–H groups in total. The molecule has 0 aromatic heterocycles. The van der Waals surface area contributed by atoms with E-state index in [1.165, 1.54) is 0 Å². The van der Waals surface area contributed by atoms with Gasteiger partial charge in [-0.05, 0) is 12.1 Å². The lowest BCUT2D eigenvalue weighted by molar-refractivity contribution is -0.123. The molecule has 1 aliphatic carbocycles. The first-order valence-corrected chi connectivity index (χ1v) is 6.65. The summed E-state index contributed by atoms with van der Waals surface area (Å²) in [4.78, 5) is 47.3. The van der Waals surface area contributed by atoms with E-state index >= 15 is 0 Å². The fourth-order valence-corrected chi connectivity index (χ4v) is 2.32. The third-order valence-corrected chi connectivity index (χ3v) is 3.52. The molecule has 1 aromatic rings. The predicted octanol–water partition coefficient (Wildman–Crippen LogP) is 1.25. The van der Waals surface area contributed by atoms with E-state index in [-0.39, 0.29) is 0 Å². The summed E-state index contributed by atoms with van der Waals surface area (Å²) in [7, 11) is 0. The molecular formula is C14H8Cl2N2O4. The molecule has 6 nitrogen and oxygen atoms in total. The smallest absolute Gasteiger partial charge is 0.261 e. The molecule has 2 amide bonds. The predicted molar refractivity (Wildman–Crippen MR) is 80.0 cm³/mol. The zero-order chi connectivity index (χ0) is 16.4. The molecule has 8 heteroatoms. The number of Topliss-reactive ketones (excluding diaryl/α,β-unsaturated/α-hetero) is 2. The minimum atomic E-state index is -1.19. The molecular weight excluding hydrogens is 331 g/mol. The largest absolute Gasteiger partial charge is 0.365 e. The Morgan fingerprint density at radius 1 is 0.909 bits per heavy atom. The van der Waals surface area contributed by atoms with Gasteiger partial charge in [-0.15, -0.1) is 0 Å². The van der Waals surface area contributed by atoms with Gasteiger partial charge >= 0.3 is 0 Å². The molecule has 22 heavy (non-hydrogen) atoms. The Labute approximate surface area is 134 Å². The molecule has 0 saturated carbocycles. The van der Waals surface area contributed by atoms with Gasteiger partial charge in [0.15, 0.2) is 0 Å². The van der Waals surface area contributed by atoms with E-state index in [1.807, 2.05) is 0 Å². The van der Waals surface area contributed by atoms with E-state index in [9.17, 15) is 19.2 Å². The number of allylic oxidation sites excluding steroid dienone is 2. The molecule has 0 unspecified atom stereocenters. The number of nitrogens with one attached hydrogen (secondary N) is 1. The zero-order valence-corrected chi connectivity index (χ0v) is 12.4. The van der Waals surface area contributed by atoms with E-state index in [4.69, 9.17) is 28.9 Å². The maximum atomic E-state index is 12.1. The average molecular weight is 339 g/mol. The first-order chi connectivity index (χ1) is 10.3. The molecule has 2 rings (SSSR count). The third-order valence-electron chi connectivity index (χ3n) is 2.80. The van der Waals surface area contributed by atoms with E-state index in [0.29, 0.717) is 5.69 Å². The van der Waals surface area contributed by atoms with Crippen LogP contribution in [0.2, 0.25) is 0 Å². The second-order valence-electron chi connectivity index (χ2n) is 4.22. The van der Waals surface area contributed by atoms with Gasteiger partial charge in [-0.3, -0.25) is 19.2 Å². The highest BCUT2D eigenvalue weighted by Gasteiger charge is 2.38. The molecule has 0 spiro atoms. The van der Waals surface area contributed by atoms with Crippen molar-refractivity contribution in [2.75, 3.05) is 5.32 Å². The van der Waals surface area contributed by atoms with Gasteiger partial charge in [0.1, 0.15) is 21.2 Å². The number of rotatable bonds is 3. The van der Waals surface area contributed by atoms with Gasteiger partial charge in [0.05, 0.1) is 0 Å². The van der Waals surface area contributed by atoms with E-state index in [1.54, 1.807) is 30.3 Å². The van der Waals surface area contributed by atoms with Crippen molar-refractivity contribution in [1.82, 2.24) is 0 Å². The Kier molecular flexibility index (Phi) is 4.44. The Morgan fingerprint density at radius 3 is 1.95 bits per heavy atom. The number of carbonyl (C=O) groups excluding carboxylic acids is 4. The highest BCUT2D eigenvalue weighted by molar-refractivity contribution is 6.62. The molecule has 1 aromatic carbocycles. The number of hydrogen-bond acceptors (Lipinski definition) is 4. The van der Waals surface area contributed by atoms with Gasteiger partial charge in [-0.2, -0.15) is 0 Å². The molecule has 0 bridgehead atoms. The van der Waals surface area contributed by atoms with Crippen LogP contribution in [0.1, 0.15) is 0 Å². The number of halogens is 2. The Morgan fingerprint density at radius 2 is 1.41 bits per heavy atom. The van der Waals surface area contributed by atoms with Crippen LogP contribution in [0.3, 0.4) is 0 Å². The average Bonchev–Trinajstić information content (AvgIpc) is 2.46. The van der Waals surface area contributed by atoms with Crippen LogP contribution in [0.25, 0.3) is 0 Å². The van der Waals surface area contributed by atoms with Gasteiger partial charge in [0.25, 0.3) is 11.8 Å². The lowest BCUT2D eigenvalue weighted by atomic mass is 9.95. The SMILES string of the molecule is NC(=O)C1=C(Cl)C(=O)C(C(=O)Nc2ccccc2)=C(Cl)C1=O. The van der Waals surface area contributed by atoms with Crippen molar-refractivity contribution in [3.8, 4) is 0 Å². The monoisotopic (exact) mass is 338 g/mol. The van der Waals surface area contributed by atoms with Crippen molar-refractivity contribution >= 4 is 52.3 Å². The summed E-state index contributed by atoms with van der Waals surface area (Å²) < 4.78 is 0. The Balaban J connectivity index is 2.40. The maximum Gasteiger partial charge on any atom is 0.261 e. The van der Waals surface area contributed by atoms with Crippen molar-refractivity contribution in [1.29, 1.82) is 0 Å². The van der Waals surface area contributed by atoms with Crippen LogP contribution in [0, 0.1) is 0 Å². The van der Waals surface area contributed by atoms with Crippen LogP contribution in [0.4, 0.5) is 5.69 Å². The van der Waals surface area contributed by atoms with Gasteiger partial charge in [0.2, 0.25) is 11.6 Å². The summed E-state index contributed by atoms with van der Waals surface area (Å²) >= 11 is 11.4. The van der Waals surface area contributed by atoms with E-state index < -0.39 is 44.6 Å². The van der Waals surface area contributed by atoms with Crippen LogP contribution < -0.4 is 11.1 Å². The van der Waals surface area contributed by atoms with Crippen LogP contribution in [0.15, 0.2) is 51.5 Å². The molecule has 1 aliphatic rings. The number of hydrogen-bond donors (Lipinski definition) is 2. The number of carbonyl (C=O) groups is 4. The van der Waals surface area contributed by atoms with Crippen LogP contribution in [0.5, 0.6) is 0 Å². The lowest BCUT2D eigenvalue weighted by Crippen LogP contribution is -2.32. The minimum Gasteiger partial charge on any atom is -0.365 e. The van der Waals surface area contributed by atoms with Crippen molar-refractivity contribution in [2.24, 2.45) is 5.73 Å². The van der Waals surface area contributed by atoms with E-state index in [0.717, 1.165) is 0 Å². The van der Waals surface area contributed by atoms with Gasteiger partial charge in [-0.1, -0.05) is 41.4 Å². The molecule has 0 radical (unpaired) electrons. The van der Waals surface area contributed by atoms with Crippen molar-refractivity contribution in [2.45, 2.75) is 0 Å². The first-order valence-electron chi connectivity index (χ1n) is 5.89. The van der Waals surface area contributed by atoms with E-state index in [2.05, 4.69) is 5.32 Å². The molecule has 0 atom stereocenters. The number of anilines is 1. The molecule has 0 saturated heterocycles. The molecule has 0 fully saturated rings. The summed E-state index contributed by atoms with van der Waals surface area (Å²) in [6.45, 7) is 0. The number of amides is 2. The molecule has 0 heterocycles. The van der Waals surface area contributed by atoms with Gasteiger partial charge < -0.3 is 11.1 Å². The summed E-state index contributed by atoms with van der Waals surface area (Å²) in [5.41, 5.74) is 4.01. The van der Waals surface area contributed by atoms with Crippen molar-refractivity contribution in [3.63, 3.8) is 0 Å². The van der Waals surface area contributed by atoms with Gasteiger partial charge in [0, 0.05) is 5.69 Å². The number of para-hydroxylation sites is 1. The second kappa shape index (κ2) is 6.13. The van der Waals surface area contributed by atoms with Crippen molar-refractivity contribution < 1.29 is 19.2 Å². The van der Waals surface area contributed by atoms with Crippen LogP contribution in [-0.2, 0) is 19.2 Å². The summed E-state index contributed by atoms with van der Waals surface area (Å²) in [5, 5.41) is 0.986. The van der Waals surface area contributed by atoms with Crippen LogP contribution >= 0.6 is 23.2 Å². The fourth-order valence-electron chi connectivity index (χ4n) is 1.78. The van der Waals surface area contributed by atoms with Crippen molar-refractivity contribution in [3.05, 3.63) is 51.5 Å². The lowest BCUT2D eigenvalue weighted by Gasteiger charge is -2.16. The Hall–Kier alpha value is -2.44. The van der Waals surface area contributed by atoms with Gasteiger partial charge in [-0.25, -0.2) is 0 Å².